The number of hydrogen-bond acceptors (Lipinski definition) is 2. The van der Waals surface area contributed by atoms with Gasteiger partial charge in [0.1, 0.15) is 0 Å². The Bertz CT molecular complexity index is 388. The number of rotatable bonds is 6. The molecule has 20 heavy (non-hydrogen) atoms. The molecule has 0 aliphatic carbocycles. The first-order valence-electron chi connectivity index (χ1n) is 7.56. The maximum atomic E-state index is 12.6. The average Bonchev–Trinajstić information content (AvgIpc) is 2.72. The van der Waals surface area contributed by atoms with E-state index < -0.39 is 6.43 Å². The van der Waals surface area contributed by atoms with E-state index in [9.17, 15) is 8.78 Å². The molecule has 0 radical (unpaired) electrons. The average molecular weight is 282 g/mol. The lowest BCUT2D eigenvalue weighted by Gasteiger charge is -2.19. The first-order valence-corrected chi connectivity index (χ1v) is 7.56. The van der Waals surface area contributed by atoms with E-state index in [0.29, 0.717) is 6.54 Å². The van der Waals surface area contributed by atoms with Gasteiger partial charge in [-0.25, -0.2) is 8.78 Å². The highest BCUT2D eigenvalue weighted by Gasteiger charge is 2.09. The molecular weight excluding hydrogens is 258 g/mol. The SMILES string of the molecule is FC(F)c1cccc(CNCCN2CCCCCC2)c1. The van der Waals surface area contributed by atoms with Crippen LogP contribution in [0.3, 0.4) is 0 Å². The van der Waals surface area contributed by atoms with Gasteiger partial charge >= 0.3 is 0 Å². The number of nitrogens with zero attached hydrogens (tertiary/aromatic N) is 1. The largest absolute Gasteiger partial charge is 0.311 e. The van der Waals surface area contributed by atoms with Crippen LogP contribution >= 0.6 is 0 Å². The van der Waals surface area contributed by atoms with Crippen molar-refractivity contribution in [1.29, 1.82) is 0 Å². The van der Waals surface area contributed by atoms with Gasteiger partial charge in [-0.2, -0.15) is 0 Å². The fraction of sp³-hybridized carbons (Fsp3) is 0.625. The first-order chi connectivity index (χ1) is 9.75. The van der Waals surface area contributed by atoms with Crippen molar-refractivity contribution in [3.63, 3.8) is 0 Å². The highest BCUT2D eigenvalue weighted by Crippen LogP contribution is 2.19. The maximum absolute atomic E-state index is 12.6. The summed E-state index contributed by atoms with van der Waals surface area (Å²) in [5, 5.41) is 3.35. The van der Waals surface area contributed by atoms with Crippen LogP contribution in [0.5, 0.6) is 0 Å². The van der Waals surface area contributed by atoms with Gasteiger partial charge < -0.3 is 10.2 Å². The van der Waals surface area contributed by atoms with Gasteiger partial charge in [0.25, 0.3) is 6.43 Å². The number of halogens is 2. The lowest BCUT2D eigenvalue weighted by molar-refractivity contribution is 0.151. The van der Waals surface area contributed by atoms with Gasteiger partial charge in [0, 0.05) is 25.2 Å². The molecule has 1 fully saturated rings. The molecule has 2 rings (SSSR count). The molecule has 1 aromatic carbocycles. The van der Waals surface area contributed by atoms with Crippen LogP contribution in [0.4, 0.5) is 8.78 Å². The zero-order valence-electron chi connectivity index (χ0n) is 12.0. The molecule has 0 amide bonds. The van der Waals surface area contributed by atoms with Crippen molar-refractivity contribution < 1.29 is 8.78 Å². The third-order valence-corrected chi connectivity index (χ3v) is 3.84. The van der Waals surface area contributed by atoms with Crippen molar-refractivity contribution in [2.45, 2.75) is 38.7 Å². The van der Waals surface area contributed by atoms with E-state index in [1.807, 2.05) is 6.07 Å². The summed E-state index contributed by atoms with van der Waals surface area (Å²) >= 11 is 0. The van der Waals surface area contributed by atoms with E-state index in [4.69, 9.17) is 0 Å². The number of hydrogen-bond donors (Lipinski definition) is 1. The van der Waals surface area contributed by atoms with E-state index in [0.717, 1.165) is 18.7 Å². The molecule has 0 spiro atoms. The molecule has 1 N–H and O–H groups in total. The summed E-state index contributed by atoms with van der Waals surface area (Å²) in [6.07, 6.45) is 2.92. The molecule has 0 aromatic heterocycles. The van der Waals surface area contributed by atoms with Crippen LogP contribution in [-0.2, 0) is 6.54 Å². The molecule has 0 bridgehead atoms. The van der Waals surface area contributed by atoms with Crippen molar-refractivity contribution in [2.75, 3.05) is 26.2 Å². The molecule has 0 unspecified atom stereocenters. The zero-order valence-corrected chi connectivity index (χ0v) is 12.0. The Labute approximate surface area is 120 Å². The minimum Gasteiger partial charge on any atom is -0.311 e. The predicted molar refractivity (Wildman–Crippen MR) is 78.0 cm³/mol. The third kappa shape index (κ3) is 5.17. The highest BCUT2D eigenvalue weighted by atomic mass is 19.3. The summed E-state index contributed by atoms with van der Waals surface area (Å²) in [7, 11) is 0. The highest BCUT2D eigenvalue weighted by molar-refractivity contribution is 5.24. The van der Waals surface area contributed by atoms with Gasteiger partial charge in [-0.15, -0.1) is 0 Å². The minimum atomic E-state index is -2.38. The van der Waals surface area contributed by atoms with E-state index in [1.165, 1.54) is 44.8 Å². The Balaban J connectivity index is 1.68. The Morgan fingerprint density at radius 1 is 1.10 bits per heavy atom. The standard InChI is InChI=1S/C16H24F2N2/c17-16(18)15-7-5-6-14(12-15)13-19-8-11-20-9-3-1-2-4-10-20/h5-7,12,16,19H,1-4,8-11,13H2. The maximum Gasteiger partial charge on any atom is 0.263 e. The van der Waals surface area contributed by atoms with Crippen molar-refractivity contribution in [1.82, 2.24) is 10.2 Å². The van der Waals surface area contributed by atoms with Gasteiger partial charge in [0.15, 0.2) is 0 Å². The van der Waals surface area contributed by atoms with E-state index in [1.54, 1.807) is 12.1 Å². The van der Waals surface area contributed by atoms with Crippen LogP contribution in [0.15, 0.2) is 24.3 Å². The van der Waals surface area contributed by atoms with Gasteiger partial charge in [0.05, 0.1) is 0 Å². The van der Waals surface area contributed by atoms with Crippen molar-refractivity contribution in [3.8, 4) is 0 Å². The second kappa shape index (κ2) is 8.32. The van der Waals surface area contributed by atoms with E-state index >= 15 is 0 Å². The molecule has 1 heterocycles. The molecule has 1 saturated heterocycles. The van der Waals surface area contributed by atoms with Gasteiger partial charge in [-0.1, -0.05) is 31.0 Å². The molecule has 1 aromatic rings. The number of benzene rings is 1. The molecule has 112 valence electrons. The van der Waals surface area contributed by atoms with Crippen LogP contribution in [0.25, 0.3) is 0 Å². The number of alkyl halides is 2. The first kappa shape index (κ1) is 15.4. The van der Waals surface area contributed by atoms with Gasteiger partial charge in [-0.3, -0.25) is 0 Å². The van der Waals surface area contributed by atoms with Crippen molar-refractivity contribution >= 4 is 0 Å². The summed E-state index contributed by atoms with van der Waals surface area (Å²) in [6, 6.07) is 6.66. The third-order valence-electron chi connectivity index (χ3n) is 3.84. The van der Waals surface area contributed by atoms with Gasteiger partial charge in [0.2, 0.25) is 0 Å². The minimum absolute atomic E-state index is 0.108. The quantitative estimate of drug-likeness (QED) is 0.802. The predicted octanol–water partition coefficient (Wildman–Crippen LogP) is 3.59. The Morgan fingerprint density at radius 2 is 1.85 bits per heavy atom. The monoisotopic (exact) mass is 282 g/mol. The van der Waals surface area contributed by atoms with Crippen LogP contribution in [-0.4, -0.2) is 31.1 Å². The molecule has 0 atom stereocenters. The lowest BCUT2D eigenvalue weighted by atomic mass is 10.1. The smallest absolute Gasteiger partial charge is 0.263 e. The Hall–Kier alpha value is -1.00. The van der Waals surface area contributed by atoms with E-state index in [2.05, 4.69) is 10.2 Å². The van der Waals surface area contributed by atoms with Crippen LogP contribution in [0.1, 0.15) is 43.2 Å². The summed E-state index contributed by atoms with van der Waals surface area (Å²) in [4.78, 5) is 2.50. The normalized spacial score (nSPS) is 17.4. The van der Waals surface area contributed by atoms with E-state index in [-0.39, 0.29) is 5.56 Å². The zero-order chi connectivity index (χ0) is 14.2. The Morgan fingerprint density at radius 3 is 2.55 bits per heavy atom. The summed E-state index contributed by atoms with van der Waals surface area (Å²) < 4.78 is 25.2. The molecule has 0 saturated carbocycles. The second-order valence-electron chi connectivity index (χ2n) is 5.48. The molecular formula is C16H24F2N2. The van der Waals surface area contributed by atoms with Crippen LogP contribution in [0.2, 0.25) is 0 Å². The summed E-state index contributed by atoms with van der Waals surface area (Å²) in [5.74, 6) is 0. The second-order valence-corrected chi connectivity index (χ2v) is 5.48. The van der Waals surface area contributed by atoms with Gasteiger partial charge in [-0.05, 0) is 37.6 Å². The topological polar surface area (TPSA) is 15.3 Å². The number of nitrogens with one attached hydrogen (secondary N) is 1. The fourth-order valence-corrected chi connectivity index (χ4v) is 2.67. The number of likely N-dealkylation sites (tertiary alicyclic amines) is 1. The molecule has 1 aliphatic rings. The summed E-state index contributed by atoms with van der Waals surface area (Å²) in [5.41, 5.74) is 1.04. The van der Waals surface area contributed by atoms with Crippen LogP contribution < -0.4 is 5.32 Å². The summed E-state index contributed by atoms with van der Waals surface area (Å²) in [6.45, 7) is 5.02. The molecule has 1 aliphatic heterocycles. The fourth-order valence-electron chi connectivity index (χ4n) is 2.67. The van der Waals surface area contributed by atoms with Crippen molar-refractivity contribution in [2.24, 2.45) is 0 Å². The Kier molecular flexibility index (Phi) is 6.40. The van der Waals surface area contributed by atoms with Crippen LogP contribution in [0, 0.1) is 0 Å². The molecule has 4 heteroatoms. The lowest BCUT2D eigenvalue weighted by Crippen LogP contribution is -2.32. The molecule has 2 nitrogen and oxygen atoms in total. The van der Waals surface area contributed by atoms with Crippen molar-refractivity contribution in [3.05, 3.63) is 35.4 Å².